The van der Waals surface area contributed by atoms with Crippen LogP contribution in [0.3, 0.4) is 0 Å². The highest BCUT2D eigenvalue weighted by Crippen LogP contribution is 2.19. The van der Waals surface area contributed by atoms with Gasteiger partial charge in [-0.05, 0) is 54.4 Å². The number of benzene rings is 1. The van der Waals surface area contributed by atoms with Gasteiger partial charge in [-0.25, -0.2) is 4.39 Å². The zero-order chi connectivity index (χ0) is 13.1. The fourth-order valence-electron chi connectivity index (χ4n) is 1.49. The van der Waals surface area contributed by atoms with Gasteiger partial charge in [-0.3, -0.25) is 4.79 Å². The SMILES string of the molecule is CCOC(C)(C)C(=O)Cc1ccc(F)c(Br)c1. The van der Waals surface area contributed by atoms with Gasteiger partial charge in [0.05, 0.1) is 4.47 Å². The van der Waals surface area contributed by atoms with Crippen LogP contribution in [-0.2, 0) is 16.0 Å². The van der Waals surface area contributed by atoms with Crippen molar-refractivity contribution in [3.05, 3.63) is 34.1 Å². The smallest absolute Gasteiger partial charge is 0.168 e. The molecule has 17 heavy (non-hydrogen) atoms. The molecule has 0 spiro atoms. The quantitative estimate of drug-likeness (QED) is 0.832. The minimum Gasteiger partial charge on any atom is -0.368 e. The number of rotatable bonds is 5. The highest BCUT2D eigenvalue weighted by atomic mass is 79.9. The molecule has 0 atom stereocenters. The van der Waals surface area contributed by atoms with Crippen LogP contribution >= 0.6 is 15.9 Å². The first-order chi connectivity index (χ1) is 7.86. The topological polar surface area (TPSA) is 26.3 Å². The van der Waals surface area contributed by atoms with Crippen LogP contribution in [0.1, 0.15) is 26.3 Å². The van der Waals surface area contributed by atoms with Crippen LogP contribution in [-0.4, -0.2) is 18.0 Å². The standard InChI is InChI=1S/C13H16BrFO2/c1-4-17-13(2,3)12(16)8-9-5-6-11(15)10(14)7-9/h5-7H,4,8H2,1-3H3. The molecule has 0 saturated heterocycles. The van der Waals surface area contributed by atoms with Crippen molar-refractivity contribution in [2.75, 3.05) is 6.61 Å². The molecule has 0 unspecified atom stereocenters. The van der Waals surface area contributed by atoms with Crippen LogP contribution in [0.2, 0.25) is 0 Å². The molecule has 0 aliphatic rings. The fourth-order valence-corrected chi connectivity index (χ4v) is 1.92. The number of Topliss-reactive ketones (excluding diaryl/α,β-unsaturated/α-hetero) is 1. The average Bonchev–Trinajstić information content (AvgIpc) is 2.23. The van der Waals surface area contributed by atoms with Gasteiger partial charge in [-0.15, -0.1) is 0 Å². The summed E-state index contributed by atoms with van der Waals surface area (Å²) in [6.45, 7) is 5.84. The van der Waals surface area contributed by atoms with Crippen LogP contribution in [0.15, 0.2) is 22.7 Å². The zero-order valence-corrected chi connectivity index (χ0v) is 11.8. The van der Waals surface area contributed by atoms with Gasteiger partial charge in [-0.2, -0.15) is 0 Å². The number of ether oxygens (including phenoxy) is 1. The maximum absolute atomic E-state index is 13.0. The van der Waals surface area contributed by atoms with E-state index >= 15 is 0 Å². The number of carbonyl (C=O) groups is 1. The molecule has 4 heteroatoms. The van der Waals surface area contributed by atoms with E-state index < -0.39 is 5.60 Å². The lowest BCUT2D eigenvalue weighted by Crippen LogP contribution is -2.36. The first-order valence-electron chi connectivity index (χ1n) is 5.48. The molecule has 1 rings (SSSR count). The van der Waals surface area contributed by atoms with Crippen molar-refractivity contribution in [3.63, 3.8) is 0 Å². The van der Waals surface area contributed by atoms with E-state index in [2.05, 4.69) is 15.9 Å². The van der Waals surface area contributed by atoms with Crippen molar-refractivity contribution in [2.45, 2.75) is 32.8 Å². The van der Waals surface area contributed by atoms with Gasteiger partial charge in [0.2, 0.25) is 0 Å². The van der Waals surface area contributed by atoms with Crippen molar-refractivity contribution in [1.29, 1.82) is 0 Å². The van der Waals surface area contributed by atoms with E-state index in [0.29, 0.717) is 11.1 Å². The Hall–Kier alpha value is -0.740. The monoisotopic (exact) mass is 302 g/mol. The van der Waals surface area contributed by atoms with E-state index in [1.165, 1.54) is 6.07 Å². The average molecular weight is 303 g/mol. The molecule has 0 amide bonds. The van der Waals surface area contributed by atoms with Gasteiger partial charge in [-0.1, -0.05) is 6.07 Å². The Bertz CT molecular complexity index is 416. The molecule has 0 radical (unpaired) electrons. The summed E-state index contributed by atoms with van der Waals surface area (Å²) in [5.74, 6) is -0.344. The van der Waals surface area contributed by atoms with Crippen molar-refractivity contribution >= 4 is 21.7 Å². The van der Waals surface area contributed by atoms with Crippen LogP contribution in [0, 0.1) is 5.82 Å². The molecular formula is C13H16BrFO2. The predicted octanol–water partition coefficient (Wildman–Crippen LogP) is 3.51. The van der Waals surface area contributed by atoms with Crippen LogP contribution < -0.4 is 0 Å². The number of hydrogen-bond acceptors (Lipinski definition) is 2. The third-order valence-electron chi connectivity index (χ3n) is 2.53. The molecule has 0 heterocycles. The van der Waals surface area contributed by atoms with E-state index in [0.717, 1.165) is 5.56 Å². The Labute approximate surface area is 109 Å². The van der Waals surface area contributed by atoms with Crippen LogP contribution in [0.4, 0.5) is 4.39 Å². The lowest BCUT2D eigenvalue weighted by molar-refractivity contribution is -0.139. The molecule has 1 aromatic rings. The Morgan fingerprint density at radius 3 is 2.65 bits per heavy atom. The van der Waals surface area contributed by atoms with E-state index in [9.17, 15) is 9.18 Å². The third-order valence-corrected chi connectivity index (χ3v) is 3.13. The molecule has 0 aliphatic heterocycles. The summed E-state index contributed by atoms with van der Waals surface area (Å²) < 4.78 is 18.8. The first kappa shape index (κ1) is 14.3. The molecule has 0 aliphatic carbocycles. The Balaban J connectivity index is 2.77. The molecule has 0 N–H and O–H groups in total. The first-order valence-corrected chi connectivity index (χ1v) is 6.27. The number of carbonyl (C=O) groups excluding carboxylic acids is 1. The van der Waals surface area contributed by atoms with Gasteiger partial charge in [0, 0.05) is 13.0 Å². The maximum atomic E-state index is 13.0. The van der Waals surface area contributed by atoms with Crippen molar-refractivity contribution < 1.29 is 13.9 Å². The Morgan fingerprint density at radius 1 is 1.47 bits per heavy atom. The molecule has 2 nitrogen and oxygen atoms in total. The Morgan fingerprint density at radius 2 is 2.12 bits per heavy atom. The van der Waals surface area contributed by atoms with E-state index in [1.807, 2.05) is 6.92 Å². The predicted molar refractivity (Wildman–Crippen MR) is 68.5 cm³/mol. The summed E-state index contributed by atoms with van der Waals surface area (Å²) in [7, 11) is 0. The maximum Gasteiger partial charge on any atom is 0.168 e. The molecule has 0 saturated carbocycles. The van der Waals surface area contributed by atoms with Gasteiger partial charge >= 0.3 is 0 Å². The highest BCUT2D eigenvalue weighted by Gasteiger charge is 2.27. The third kappa shape index (κ3) is 3.89. The lowest BCUT2D eigenvalue weighted by Gasteiger charge is -2.23. The fraction of sp³-hybridized carbons (Fsp3) is 0.462. The molecule has 0 bridgehead atoms. The molecule has 94 valence electrons. The number of ketones is 1. The van der Waals surface area contributed by atoms with Crippen molar-refractivity contribution in [2.24, 2.45) is 0 Å². The highest BCUT2D eigenvalue weighted by molar-refractivity contribution is 9.10. The second-order valence-corrected chi connectivity index (χ2v) is 5.15. The second kappa shape index (κ2) is 5.74. The molecule has 1 aromatic carbocycles. The van der Waals surface area contributed by atoms with Gasteiger partial charge < -0.3 is 4.74 Å². The number of halogens is 2. The summed E-state index contributed by atoms with van der Waals surface area (Å²) in [6, 6.07) is 4.58. The van der Waals surface area contributed by atoms with Crippen molar-refractivity contribution in [3.8, 4) is 0 Å². The normalized spacial score (nSPS) is 11.6. The van der Waals surface area contributed by atoms with Crippen LogP contribution in [0.5, 0.6) is 0 Å². The Kier molecular flexibility index (Phi) is 4.83. The van der Waals surface area contributed by atoms with E-state index in [4.69, 9.17) is 4.74 Å². The van der Waals surface area contributed by atoms with Crippen molar-refractivity contribution in [1.82, 2.24) is 0 Å². The van der Waals surface area contributed by atoms with E-state index in [-0.39, 0.29) is 18.0 Å². The zero-order valence-electron chi connectivity index (χ0n) is 10.2. The van der Waals surface area contributed by atoms with E-state index in [1.54, 1.807) is 26.0 Å². The minimum atomic E-state index is -0.796. The minimum absolute atomic E-state index is 0.0159. The molecule has 0 aromatic heterocycles. The largest absolute Gasteiger partial charge is 0.368 e. The summed E-state index contributed by atoms with van der Waals surface area (Å²) in [5, 5.41) is 0. The molecular weight excluding hydrogens is 287 g/mol. The van der Waals surface area contributed by atoms with Gasteiger partial charge in [0.15, 0.2) is 5.78 Å². The number of hydrogen-bond donors (Lipinski definition) is 0. The second-order valence-electron chi connectivity index (χ2n) is 4.29. The van der Waals surface area contributed by atoms with Gasteiger partial charge in [0.1, 0.15) is 11.4 Å². The lowest BCUT2D eigenvalue weighted by atomic mass is 9.97. The molecule has 0 fully saturated rings. The van der Waals surface area contributed by atoms with Gasteiger partial charge in [0.25, 0.3) is 0 Å². The van der Waals surface area contributed by atoms with Crippen LogP contribution in [0.25, 0.3) is 0 Å². The summed E-state index contributed by atoms with van der Waals surface area (Å²) in [5.41, 5.74) is -0.0219. The summed E-state index contributed by atoms with van der Waals surface area (Å²) in [6.07, 6.45) is 0.242. The summed E-state index contributed by atoms with van der Waals surface area (Å²) in [4.78, 5) is 12.0. The summed E-state index contributed by atoms with van der Waals surface area (Å²) >= 11 is 3.10.